The first kappa shape index (κ1) is 14.7. The van der Waals surface area contributed by atoms with Gasteiger partial charge in [-0.1, -0.05) is 19.3 Å². The summed E-state index contributed by atoms with van der Waals surface area (Å²) in [5.41, 5.74) is 7.05. The van der Waals surface area contributed by atoms with Crippen molar-refractivity contribution in [3.63, 3.8) is 0 Å². The zero-order valence-corrected chi connectivity index (χ0v) is 12.3. The van der Waals surface area contributed by atoms with Crippen molar-refractivity contribution >= 4 is 11.6 Å². The van der Waals surface area contributed by atoms with Crippen molar-refractivity contribution in [1.29, 1.82) is 0 Å². The predicted octanol–water partition coefficient (Wildman–Crippen LogP) is 3.12. The maximum absolute atomic E-state index is 12.2. The molecule has 110 valence electrons. The molecular weight excluding hydrogens is 252 g/mol. The summed E-state index contributed by atoms with van der Waals surface area (Å²) in [7, 11) is 0. The second-order valence-corrected chi connectivity index (χ2v) is 5.73. The van der Waals surface area contributed by atoms with E-state index in [0.29, 0.717) is 23.0 Å². The molecule has 1 amide bonds. The Morgan fingerprint density at radius 2 is 2.00 bits per heavy atom. The van der Waals surface area contributed by atoms with Gasteiger partial charge in [-0.05, 0) is 44.9 Å². The maximum atomic E-state index is 12.2. The average molecular weight is 276 g/mol. The maximum Gasteiger partial charge on any atom is 0.251 e. The molecule has 1 aromatic carbocycles. The first-order valence-electron chi connectivity index (χ1n) is 7.43. The summed E-state index contributed by atoms with van der Waals surface area (Å²) < 4.78 is 5.57. The normalized spacial score (nSPS) is 16.1. The molecule has 0 unspecified atom stereocenters. The number of hydrogen-bond acceptors (Lipinski definition) is 3. The van der Waals surface area contributed by atoms with E-state index >= 15 is 0 Å². The van der Waals surface area contributed by atoms with E-state index in [1.807, 2.05) is 13.8 Å². The minimum atomic E-state index is -0.0419. The van der Waals surface area contributed by atoms with Gasteiger partial charge in [0.25, 0.3) is 5.91 Å². The van der Waals surface area contributed by atoms with Gasteiger partial charge in [-0.2, -0.15) is 0 Å². The molecule has 1 aliphatic rings. The molecule has 1 aromatic rings. The molecule has 2 rings (SSSR count). The van der Waals surface area contributed by atoms with Gasteiger partial charge < -0.3 is 15.8 Å². The fraction of sp³-hybridized carbons (Fsp3) is 0.562. The number of amides is 1. The Balaban J connectivity index is 2.01. The van der Waals surface area contributed by atoms with Gasteiger partial charge >= 0.3 is 0 Å². The molecule has 4 heteroatoms. The van der Waals surface area contributed by atoms with E-state index in [4.69, 9.17) is 10.5 Å². The lowest BCUT2D eigenvalue weighted by molar-refractivity contribution is 0.0927. The van der Waals surface area contributed by atoms with Crippen LogP contribution in [0.1, 0.15) is 56.3 Å². The topological polar surface area (TPSA) is 64.3 Å². The third kappa shape index (κ3) is 3.89. The van der Waals surface area contributed by atoms with Crippen molar-refractivity contribution in [2.45, 2.75) is 58.1 Å². The highest BCUT2D eigenvalue weighted by Gasteiger charge is 2.17. The number of nitrogens with two attached hydrogens (primary N) is 1. The number of carbonyl (C=O) groups excluding carboxylic acids is 1. The molecule has 20 heavy (non-hydrogen) atoms. The Morgan fingerprint density at radius 3 is 2.60 bits per heavy atom. The highest BCUT2D eigenvalue weighted by atomic mass is 16.5. The van der Waals surface area contributed by atoms with Gasteiger partial charge in [-0.15, -0.1) is 0 Å². The second-order valence-electron chi connectivity index (χ2n) is 5.73. The van der Waals surface area contributed by atoms with E-state index in [9.17, 15) is 4.79 Å². The summed E-state index contributed by atoms with van der Waals surface area (Å²) in [4.78, 5) is 12.2. The third-order valence-corrected chi connectivity index (χ3v) is 3.58. The number of benzene rings is 1. The Labute approximate surface area is 120 Å². The van der Waals surface area contributed by atoms with Crippen molar-refractivity contribution in [2.24, 2.45) is 0 Å². The Kier molecular flexibility index (Phi) is 4.88. The predicted molar refractivity (Wildman–Crippen MR) is 81.0 cm³/mol. The van der Waals surface area contributed by atoms with Gasteiger partial charge in [0.05, 0.1) is 11.8 Å². The Hall–Kier alpha value is -1.71. The third-order valence-electron chi connectivity index (χ3n) is 3.58. The van der Waals surface area contributed by atoms with E-state index in [1.54, 1.807) is 18.2 Å². The minimum absolute atomic E-state index is 0.0419. The molecule has 3 N–H and O–H groups in total. The lowest BCUT2D eigenvalue weighted by Gasteiger charge is -2.23. The van der Waals surface area contributed by atoms with Crippen LogP contribution in [0.15, 0.2) is 18.2 Å². The zero-order chi connectivity index (χ0) is 14.5. The van der Waals surface area contributed by atoms with Crippen LogP contribution in [-0.4, -0.2) is 18.1 Å². The van der Waals surface area contributed by atoms with Crippen LogP contribution >= 0.6 is 0 Å². The number of rotatable bonds is 4. The van der Waals surface area contributed by atoms with Crippen molar-refractivity contribution in [3.8, 4) is 5.75 Å². The SMILES string of the molecule is CC(C)Oc1ccc(C(=O)NC2CCCCC2)cc1N. The highest BCUT2D eigenvalue weighted by molar-refractivity contribution is 5.95. The lowest BCUT2D eigenvalue weighted by Crippen LogP contribution is -2.36. The van der Waals surface area contributed by atoms with Gasteiger partial charge in [-0.25, -0.2) is 0 Å². The van der Waals surface area contributed by atoms with Crippen molar-refractivity contribution in [1.82, 2.24) is 5.32 Å². The van der Waals surface area contributed by atoms with Gasteiger partial charge in [0.2, 0.25) is 0 Å². The van der Waals surface area contributed by atoms with Crippen molar-refractivity contribution in [2.75, 3.05) is 5.73 Å². The van der Waals surface area contributed by atoms with E-state index in [2.05, 4.69) is 5.32 Å². The molecular formula is C16H24N2O2. The smallest absolute Gasteiger partial charge is 0.251 e. The number of carbonyl (C=O) groups is 1. The van der Waals surface area contributed by atoms with E-state index in [0.717, 1.165) is 12.8 Å². The quantitative estimate of drug-likeness (QED) is 0.830. The monoisotopic (exact) mass is 276 g/mol. The van der Waals surface area contributed by atoms with Crippen LogP contribution in [0.4, 0.5) is 5.69 Å². The van der Waals surface area contributed by atoms with Gasteiger partial charge in [0.1, 0.15) is 5.75 Å². The van der Waals surface area contributed by atoms with Crippen LogP contribution in [0, 0.1) is 0 Å². The zero-order valence-electron chi connectivity index (χ0n) is 12.3. The molecule has 0 bridgehead atoms. The molecule has 4 nitrogen and oxygen atoms in total. The van der Waals surface area contributed by atoms with Gasteiger partial charge in [0.15, 0.2) is 0 Å². The van der Waals surface area contributed by atoms with Crippen LogP contribution in [0.3, 0.4) is 0 Å². The molecule has 0 aliphatic heterocycles. The first-order chi connectivity index (χ1) is 9.56. The number of hydrogen-bond donors (Lipinski definition) is 2. The van der Waals surface area contributed by atoms with Crippen LogP contribution < -0.4 is 15.8 Å². The molecule has 1 aliphatic carbocycles. The molecule has 0 radical (unpaired) electrons. The van der Waals surface area contributed by atoms with Crippen LogP contribution in [0.5, 0.6) is 5.75 Å². The molecule has 0 atom stereocenters. The fourth-order valence-electron chi connectivity index (χ4n) is 2.57. The number of ether oxygens (including phenoxy) is 1. The van der Waals surface area contributed by atoms with E-state index in [-0.39, 0.29) is 12.0 Å². The first-order valence-corrected chi connectivity index (χ1v) is 7.43. The van der Waals surface area contributed by atoms with Crippen LogP contribution in [0.25, 0.3) is 0 Å². The highest BCUT2D eigenvalue weighted by Crippen LogP contribution is 2.24. The molecule has 0 spiro atoms. The number of nitrogen functional groups attached to an aromatic ring is 1. The largest absolute Gasteiger partial charge is 0.489 e. The Bertz CT molecular complexity index is 466. The fourth-order valence-corrected chi connectivity index (χ4v) is 2.57. The number of nitrogens with one attached hydrogen (secondary N) is 1. The number of anilines is 1. The molecule has 1 saturated carbocycles. The van der Waals surface area contributed by atoms with Gasteiger partial charge in [-0.3, -0.25) is 4.79 Å². The molecule has 0 aromatic heterocycles. The van der Waals surface area contributed by atoms with Crippen LogP contribution in [-0.2, 0) is 0 Å². The van der Waals surface area contributed by atoms with E-state index in [1.165, 1.54) is 19.3 Å². The molecule has 1 fully saturated rings. The van der Waals surface area contributed by atoms with Crippen molar-refractivity contribution < 1.29 is 9.53 Å². The minimum Gasteiger partial charge on any atom is -0.489 e. The second kappa shape index (κ2) is 6.64. The summed E-state index contributed by atoms with van der Waals surface area (Å²) in [5, 5.41) is 3.09. The average Bonchev–Trinajstić information content (AvgIpc) is 2.41. The van der Waals surface area contributed by atoms with E-state index < -0.39 is 0 Å². The Morgan fingerprint density at radius 1 is 1.30 bits per heavy atom. The summed E-state index contributed by atoms with van der Waals surface area (Å²) >= 11 is 0. The summed E-state index contributed by atoms with van der Waals surface area (Å²) in [5.74, 6) is 0.592. The summed E-state index contributed by atoms with van der Waals surface area (Å²) in [6.07, 6.45) is 5.91. The summed E-state index contributed by atoms with van der Waals surface area (Å²) in [6.45, 7) is 3.90. The standard InChI is InChI=1S/C16H24N2O2/c1-11(2)20-15-9-8-12(10-14(15)17)16(19)18-13-6-4-3-5-7-13/h8-11,13H,3-7,17H2,1-2H3,(H,18,19). The summed E-state index contributed by atoms with van der Waals surface area (Å²) in [6, 6.07) is 5.54. The van der Waals surface area contributed by atoms with Gasteiger partial charge in [0, 0.05) is 11.6 Å². The van der Waals surface area contributed by atoms with Crippen LogP contribution in [0.2, 0.25) is 0 Å². The van der Waals surface area contributed by atoms with Crippen molar-refractivity contribution in [3.05, 3.63) is 23.8 Å². The molecule has 0 heterocycles. The molecule has 0 saturated heterocycles. The lowest BCUT2D eigenvalue weighted by atomic mass is 9.95.